The van der Waals surface area contributed by atoms with Crippen molar-refractivity contribution in [3.8, 4) is 0 Å². The molecule has 3 N–H and O–H groups in total. The number of anilines is 1. The molecule has 2 aromatic rings. The van der Waals surface area contributed by atoms with Gasteiger partial charge in [0.15, 0.2) is 5.96 Å². The van der Waals surface area contributed by atoms with E-state index in [1.54, 1.807) is 11.3 Å². The van der Waals surface area contributed by atoms with E-state index >= 15 is 0 Å². The summed E-state index contributed by atoms with van der Waals surface area (Å²) < 4.78 is 0. The van der Waals surface area contributed by atoms with E-state index in [9.17, 15) is 0 Å². The minimum Gasteiger partial charge on any atom is -0.370 e. The summed E-state index contributed by atoms with van der Waals surface area (Å²) in [5, 5.41) is 4.22. The van der Waals surface area contributed by atoms with Crippen LogP contribution in [0.5, 0.6) is 0 Å². The smallest absolute Gasteiger partial charge is 0.193 e. The average molecular weight is 288 g/mol. The first-order valence-electron chi connectivity index (χ1n) is 6.74. The molecule has 0 unspecified atom stereocenters. The third kappa shape index (κ3) is 4.35. The Morgan fingerprint density at radius 3 is 3.00 bits per heavy atom. The fourth-order valence-corrected chi connectivity index (χ4v) is 2.66. The molecule has 0 aliphatic heterocycles. The second-order valence-electron chi connectivity index (χ2n) is 4.59. The van der Waals surface area contributed by atoms with Crippen molar-refractivity contribution in [3.05, 3.63) is 45.9 Å². The third-order valence-corrected chi connectivity index (χ3v) is 4.05. The molecule has 20 heavy (non-hydrogen) atoms. The summed E-state index contributed by atoms with van der Waals surface area (Å²) in [6, 6.07) is 8.06. The summed E-state index contributed by atoms with van der Waals surface area (Å²) in [6.45, 7) is 4.84. The van der Waals surface area contributed by atoms with Gasteiger partial charge in [-0.1, -0.05) is 19.1 Å². The molecule has 1 heterocycles. The molecule has 4 nitrogen and oxygen atoms in total. The van der Waals surface area contributed by atoms with Gasteiger partial charge in [0.25, 0.3) is 0 Å². The molecule has 1 aromatic heterocycles. The lowest BCUT2D eigenvalue weighted by molar-refractivity contribution is 0.949. The second-order valence-corrected chi connectivity index (χ2v) is 5.79. The van der Waals surface area contributed by atoms with Gasteiger partial charge in [-0.2, -0.15) is 0 Å². The number of nitrogens with zero attached hydrogens (tertiary/aromatic N) is 2. The Hall–Kier alpha value is -1.88. The fourth-order valence-electron chi connectivity index (χ4n) is 1.81. The van der Waals surface area contributed by atoms with Crippen LogP contribution in [0.1, 0.15) is 22.4 Å². The van der Waals surface area contributed by atoms with Crippen molar-refractivity contribution in [1.82, 2.24) is 4.98 Å². The summed E-state index contributed by atoms with van der Waals surface area (Å²) in [4.78, 5) is 10.0. The summed E-state index contributed by atoms with van der Waals surface area (Å²) in [5.41, 5.74) is 8.03. The molecule has 0 fully saturated rings. The van der Waals surface area contributed by atoms with Gasteiger partial charge in [0.05, 0.1) is 5.01 Å². The Morgan fingerprint density at radius 1 is 1.45 bits per heavy atom. The van der Waals surface area contributed by atoms with E-state index in [2.05, 4.69) is 22.2 Å². The largest absolute Gasteiger partial charge is 0.370 e. The van der Waals surface area contributed by atoms with Crippen LogP contribution in [0.15, 0.2) is 35.5 Å². The van der Waals surface area contributed by atoms with Crippen LogP contribution in [-0.4, -0.2) is 17.5 Å². The number of aryl methyl sites for hydroxylation is 2. The van der Waals surface area contributed by atoms with Gasteiger partial charge in [0, 0.05) is 29.7 Å². The zero-order chi connectivity index (χ0) is 14.4. The molecule has 0 atom stereocenters. The van der Waals surface area contributed by atoms with E-state index in [4.69, 9.17) is 5.73 Å². The van der Waals surface area contributed by atoms with Gasteiger partial charge < -0.3 is 11.1 Å². The number of thiazole rings is 1. The molecule has 5 heteroatoms. The predicted molar refractivity (Wildman–Crippen MR) is 86.5 cm³/mol. The highest BCUT2D eigenvalue weighted by atomic mass is 32.1. The molecule has 2 rings (SSSR count). The summed E-state index contributed by atoms with van der Waals surface area (Å²) in [7, 11) is 0. The predicted octanol–water partition coefficient (Wildman–Crippen LogP) is 2.98. The number of aromatic nitrogens is 1. The zero-order valence-corrected chi connectivity index (χ0v) is 12.7. The highest BCUT2D eigenvalue weighted by Crippen LogP contribution is 2.13. The monoisotopic (exact) mass is 288 g/mol. The van der Waals surface area contributed by atoms with Crippen molar-refractivity contribution in [3.63, 3.8) is 0 Å². The first kappa shape index (κ1) is 14.5. The number of aliphatic imine (C=N–C) groups is 1. The van der Waals surface area contributed by atoms with Crippen molar-refractivity contribution >= 4 is 23.0 Å². The van der Waals surface area contributed by atoms with Crippen molar-refractivity contribution in [2.75, 3.05) is 11.9 Å². The van der Waals surface area contributed by atoms with Crippen molar-refractivity contribution in [2.45, 2.75) is 26.7 Å². The van der Waals surface area contributed by atoms with E-state index in [-0.39, 0.29) is 0 Å². The number of nitrogens with one attached hydrogen (secondary N) is 1. The summed E-state index contributed by atoms with van der Waals surface area (Å²) >= 11 is 1.75. The average Bonchev–Trinajstić information content (AvgIpc) is 2.86. The van der Waals surface area contributed by atoms with Crippen LogP contribution in [0, 0.1) is 6.92 Å². The number of hydrogen-bond donors (Lipinski definition) is 2. The molecule has 0 aliphatic carbocycles. The highest BCUT2D eigenvalue weighted by Gasteiger charge is 2.00. The lowest BCUT2D eigenvalue weighted by Crippen LogP contribution is -2.23. The van der Waals surface area contributed by atoms with Crippen LogP contribution >= 0.6 is 11.3 Å². The van der Waals surface area contributed by atoms with Crippen molar-refractivity contribution < 1.29 is 0 Å². The van der Waals surface area contributed by atoms with E-state index in [1.807, 2.05) is 37.4 Å². The van der Waals surface area contributed by atoms with Gasteiger partial charge >= 0.3 is 0 Å². The minimum atomic E-state index is 0.447. The van der Waals surface area contributed by atoms with Gasteiger partial charge in [-0.15, -0.1) is 11.3 Å². The van der Waals surface area contributed by atoms with E-state index in [1.165, 1.54) is 10.4 Å². The van der Waals surface area contributed by atoms with Crippen molar-refractivity contribution in [2.24, 2.45) is 10.7 Å². The Bertz CT molecular complexity index is 589. The van der Waals surface area contributed by atoms with Gasteiger partial charge in [-0.25, -0.2) is 4.98 Å². The second kappa shape index (κ2) is 7.05. The molecular weight excluding hydrogens is 268 g/mol. The molecule has 0 saturated heterocycles. The molecule has 0 spiro atoms. The topological polar surface area (TPSA) is 63.3 Å². The maximum absolute atomic E-state index is 5.87. The van der Waals surface area contributed by atoms with Crippen molar-refractivity contribution in [1.29, 1.82) is 0 Å². The zero-order valence-electron chi connectivity index (χ0n) is 11.9. The SMILES string of the molecule is CCc1cnc(CCN=C(N)Nc2cccc(C)c2)s1. The lowest BCUT2D eigenvalue weighted by atomic mass is 10.2. The van der Waals surface area contributed by atoms with Gasteiger partial charge in [-0.05, 0) is 31.0 Å². The lowest BCUT2D eigenvalue weighted by Gasteiger charge is -2.05. The Morgan fingerprint density at radius 2 is 2.30 bits per heavy atom. The van der Waals surface area contributed by atoms with E-state index < -0.39 is 0 Å². The van der Waals surface area contributed by atoms with Gasteiger partial charge in [0.2, 0.25) is 0 Å². The maximum Gasteiger partial charge on any atom is 0.193 e. The maximum atomic E-state index is 5.87. The Balaban J connectivity index is 1.84. The third-order valence-electron chi connectivity index (χ3n) is 2.85. The molecule has 1 aromatic carbocycles. The molecule has 106 valence electrons. The first-order valence-corrected chi connectivity index (χ1v) is 7.56. The van der Waals surface area contributed by atoms with Gasteiger partial charge in [-0.3, -0.25) is 4.99 Å². The molecule has 0 radical (unpaired) electrons. The quantitative estimate of drug-likeness (QED) is 0.656. The van der Waals surface area contributed by atoms with Crippen LogP contribution in [-0.2, 0) is 12.8 Å². The Kier molecular flexibility index (Phi) is 5.12. The molecule has 0 bridgehead atoms. The Labute approximate surface area is 123 Å². The molecule has 0 saturated carbocycles. The number of rotatable bonds is 5. The van der Waals surface area contributed by atoms with E-state index in [0.29, 0.717) is 12.5 Å². The summed E-state index contributed by atoms with van der Waals surface area (Å²) in [5.74, 6) is 0.447. The minimum absolute atomic E-state index is 0.447. The molecule has 0 amide bonds. The van der Waals surface area contributed by atoms with Crippen LogP contribution < -0.4 is 11.1 Å². The standard InChI is InChI=1S/C15H20N4S/c1-3-13-10-18-14(20-13)7-8-17-15(16)19-12-6-4-5-11(2)9-12/h4-6,9-10H,3,7-8H2,1-2H3,(H3,16,17,19). The normalized spacial score (nSPS) is 11.6. The number of guanidine groups is 1. The number of benzene rings is 1. The number of hydrogen-bond acceptors (Lipinski definition) is 3. The van der Waals surface area contributed by atoms with Crippen LogP contribution in [0.2, 0.25) is 0 Å². The first-order chi connectivity index (χ1) is 9.67. The fraction of sp³-hybridized carbons (Fsp3) is 0.333. The van der Waals surface area contributed by atoms with Crippen LogP contribution in [0.25, 0.3) is 0 Å². The highest BCUT2D eigenvalue weighted by molar-refractivity contribution is 7.11. The molecular formula is C15H20N4S. The summed E-state index contributed by atoms with van der Waals surface area (Å²) in [6.07, 6.45) is 3.82. The van der Waals surface area contributed by atoms with Gasteiger partial charge in [0.1, 0.15) is 0 Å². The van der Waals surface area contributed by atoms with E-state index in [0.717, 1.165) is 23.5 Å². The van der Waals surface area contributed by atoms with Crippen LogP contribution in [0.3, 0.4) is 0 Å². The molecule has 0 aliphatic rings. The number of nitrogens with two attached hydrogens (primary N) is 1. The van der Waals surface area contributed by atoms with Crippen LogP contribution in [0.4, 0.5) is 5.69 Å².